The van der Waals surface area contributed by atoms with Gasteiger partial charge in [-0.3, -0.25) is 9.59 Å². The van der Waals surface area contributed by atoms with E-state index in [4.69, 9.17) is 0 Å². The minimum Gasteiger partial charge on any atom is -0.378 e. The number of fused-ring (bicyclic) bond motifs is 11. The Labute approximate surface area is 107 Å². The fourth-order valence-corrected chi connectivity index (χ4v) is 1.96. The van der Waals surface area contributed by atoms with Gasteiger partial charge in [0.05, 0.1) is 6.54 Å². The van der Waals surface area contributed by atoms with Crippen molar-refractivity contribution < 1.29 is 9.59 Å². The van der Waals surface area contributed by atoms with Gasteiger partial charge in [0.25, 0.3) is 5.91 Å². The molecule has 2 N–H and O–H groups in total. The molecule has 2 aliphatic rings. The first-order chi connectivity index (χ1) is 8.75. The van der Waals surface area contributed by atoms with Crippen LogP contribution < -0.4 is 10.6 Å². The van der Waals surface area contributed by atoms with Crippen LogP contribution in [0, 0.1) is 0 Å². The third-order valence-corrected chi connectivity index (χ3v) is 3.05. The van der Waals surface area contributed by atoms with Gasteiger partial charge < -0.3 is 10.6 Å². The summed E-state index contributed by atoms with van der Waals surface area (Å²) in [6, 6.07) is 7.20. The van der Waals surface area contributed by atoms with E-state index in [9.17, 15) is 9.59 Å². The van der Waals surface area contributed by atoms with Crippen LogP contribution in [0.15, 0.2) is 24.3 Å². The molecule has 0 aromatic heterocycles. The third-order valence-electron chi connectivity index (χ3n) is 3.05. The van der Waals surface area contributed by atoms with Gasteiger partial charge >= 0.3 is 0 Å². The smallest absolute Gasteiger partial charge is 0.251 e. The number of carbonyl (C=O) groups is 2. The van der Waals surface area contributed by atoms with Crippen molar-refractivity contribution in [1.29, 1.82) is 0 Å². The van der Waals surface area contributed by atoms with Gasteiger partial charge in [0, 0.05) is 24.2 Å². The van der Waals surface area contributed by atoms with Gasteiger partial charge in [0.2, 0.25) is 0 Å². The Morgan fingerprint density at radius 1 is 0.889 bits per heavy atom. The van der Waals surface area contributed by atoms with Gasteiger partial charge in [-0.2, -0.15) is 0 Å². The predicted molar refractivity (Wildman–Crippen MR) is 70.7 cm³/mol. The Bertz CT molecular complexity index is 426. The summed E-state index contributed by atoms with van der Waals surface area (Å²) in [6.45, 7) is 1.04. The van der Waals surface area contributed by atoms with E-state index in [0.717, 1.165) is 24.9 Å². The first kappa shape index (κ1) is 12.6. The van der Waals surface area contributed by atoms with Crippen molar-refractivity contribution >= 4 is 17.4 Å². The first-order valence-electron chi connectivity index (χ1n) is 6.39. The van der Waals surface area contributed by atoms with Crippen LogP contribution in [0.2, 0.25) is 0 Å². The summed E-state index contributed by atoms with van der Waals surface area (Å²) in [7, 11) is 0. The van der Waals surface area contributed by atoms with Crippen molar-refractivity contribution in [3.8, 4) is 0 Å². The summed E-state index contributed by atoms with van der Waals surface area (Å²) >= 11 is 0. The Morgan fingerprint density at radius 2 is 1.67 bits per heavy atom. The van der Waals surface area contributed by atoms with E-state index in [1.807, 2.05) is 12.1 Å². The zero-order chi connectivity index (χ0) is 12.8. The maximum atomic E-state index is 11.8. The van der Waals surface area contributed by atoms with Crippen molar-refractivity contribution in [3.63, 3.8) is 0 Å². The van der Waals surface area contributed by atoms with Crippen molar-refractivity contribution in [1.82, 2.24) is 5.32 Å². The molecule has 3 rings (SSSR count). The van der Waals surface area contributed by atoms with E-state index in [-0.39, 0.29) is 11.7 Å². The van der Waals surface area contributed by atoms with Crippen LogP contribution >= 0.6 is 0 Å². The third kappa shape index (κ3) is 3.58. The van der Waals surface area contributed by atoms with Crippen LogP contribution in [-0.4, -0.2) is 24.8 Å². The second-order valence-electron chi connectivity index (χ2n) is 4.54. The Morgan fingerprint density at radius 3 is 2.44 bits per heavy atom. The lowest BCUT2D eigenvalue weighted by Crippen LogP contribution is -2.24. The highest BCUT2D eigenvalue weighted by Gasteiger charge is 2.07. The number of hydrogen-bond donors (Lipinski definition) is 2. The Kier molecular flexibility index (Phi) is 4.34. The number of amides is 1. The number of anilines is 1. The van der Waals surface area contributed by atoms with Crippen LogP contribution in [0.25, 0.3) is 0 Å². The number of hydrogen-bond acceptors (Lipinski definition) is 3. The fraction of sp³-hybridized carbons (Fsp3) is 0.429. The molecule has 4 heteroatoms. The number of rotatable bonds is 0. The summed E-state index contributed by atoms with van der Waals surface area (Å²) in [5.41, 5.74) is 1.53. The van der Waals surface area contributed by atoms with Gasteiger partial charge in [-0.05, 0) is 37.1 Å². The molecule has 2 aliphatic heterocycles. The molecule has 0 unspecified atom stereocenters. The van der Waals surface area contributed by atoms with Crippen molar-refractivity contribution in [2.24, 2.45) is 0 Å². The van der Waals surface area contributed by atoms with E-state index in [1.54, 1.807) is 12.1 Å². The average molecular weight is 246 g/mol. The molecule has 1 aromatic carbocycles. The quantitative estimate of drug-likeness (QED) is 0.736. The molecule has 0 saturated heterocycles. The second kappa shape index (κ2) is 6.19. The lowest BCUT2D eigenvalue weighted by Gasteiger charge is -2.09. The molecule has 0 fully saturated rings. The summed E-state index contributed by atoms with van der Waals surface area (Å²) in [4.78, 5) is 23.3. The number of nitrogens with one attached hydrogen (secondary N) is 2. The number of benzene rings is 1. The molecule has 0 spiro atoms. The van der Waals surface area contributed by atoms with Gasteiger partial charge in [-0.25, -0.2) is 0 Å². The monoisotopic (exact) mass is 246 g/mol. The van der Waals surface area contributed by atoms with E-state index >= 15 is 0 Å². The highest BCUT2D eigenvalue weighted by atomic mass is 16.1. The Balaban J connectivity index is 2.08. The van der Waals surface area contributed by atoms with Gasteiger partial charge in [-0.1, -0.05) is 6.42 Å². The minimum atomic E-state index is -0.0327. The molecule has 1 amide bonds. The number of ketones is 1. The summed E-state index contributed by atoms with van der Waals surface area (Å²) in [5, 5.41) is 5.95. The summed E-state index contributed by atoms with van der Waals surface area (Å²) in [6.07, 6.45) is 3.40. The number of Topliss-reactive ketones (excluding diaryl/α,β-unsaturated/α-hetero) is 1. The van der Waals surface area contributed by atoms with Crippen molar-refractivity contribution in [2.75, 3.05) is 18.4 Å². The molecule has 0 radical (unpaired) electrons. The molecule has 1 aromatic rings. The molecule has 0 atom stereocenters. The van der Waals surface area contributed by atoms with Gasteiger partial charge in [0.15, 0.2) is 5.78 Å². The highest BCUT2D eigenvalue weighted by molar-refractivity contribution is 5.94. The maximum Gasteiger partial charge on any atom is 0.251 e. The molecule has 18 heavy (non-hydrogen) atoms. The van der Waals surface area contributed by atoms with Crippen LogP contribution in [0.4, 0.5) is 5.69 Å². The average Bonchev–Trinajstić information content (AvgIpc) is 2.40. The van der Waals surface area contributed by atoms with Gasteiger partial charge in [-0.15, -0.1) is 0 Å². The summed E-state index contributed by atoms with van der Waals surface area (Å²) < 4.78 is 0. The molecule has 4 nitrogen and oxygen atoms in total. The van der Waals surface area contributed by atoms with E-state index in [0.29, 0.717) is 25.1 Å². The Hall–Kier alpha value is -1.84. The standard InChI is InChI=1S/C14H18N2O2/c17-13-4-2-1-3-9-15-14(18)11-5-7-12(8-6-11)16-10-13/h5-8,16H,1-4,9-10H2,(H,15,18). The van der Waals surface area contributed by atoms with E-state index in [2.05, 4.69) is 10.6 Å². The molecule has 96 valence electrons. The first-order valence-corrected chi connectivity index (χ1v) is 6.39. The van der Waals surface area contributed by atoms with Crippen molar-refractivity contribution in [3.05, 3.63) is 29.8 Å². The molecule has 2 bridgehead atoms. The fourth-order valence-electron chi connectivity index (χ4n) is 1.96. The zero-order valence-corrected chi connectivity index (χ0v) is 10.4. The topological polar surface area (TPSA) is 58.2 Å². The molecular formula is C14H18N2O2. The largest absolute Gasteiger partial charge is 0.378 e. The summed E-state index contributed by atoms with van der Waals surface area (Å²) in [5.74, 6) is 0.204. The molecule has 2 heterocycles. The molecular weight excluding hydrogens is 228 g/mol. The van der Waals surface area contributed by atoms with Crippen LogP contribution in [0.5, 0.6) is 0 Å². The van der Waals surface area contributed by atoms with E-state index < -0.39 is 0 Å². The second-order valence-corrected chi connectivity index (χ2v) is 4.54. The van der Waals surface area contributed by atoms with Crippen LogP contribution in [0.1, 0.15) is 36.0 Å². The minimum absolute atomic E-state index is 0.0327. The van der Waals surface area contributed by atoms with E-state index in [1.165, 1.54) is 0 Å². The lowest BCUT2D eigenvalue weighted by molar-refractivity contribution is -0.117. The molecule has 0 aliphatic carbocycles. The van der Waals surface area contributed by atoms with Crippen molar-refractivity contribution in [2.45, 2.75) is 25.7 Å². The highest BCUT2D eigenvalue weighted by Crippen LogP contribution is 2.10. The number of carbonyl (C=O) groups excluding carboxylic acids is 2. The maximum absolute atomic E-state index is 11.8. The predicted octanol–water partition coefficient (Wildman–Crippen LogP) is 1.97. The SMILES string of the molecule is O=C1CCCCCNC(=O)c2ccc(cc2)NC1. The lowest BCUT2D eigenvalue weighted by atomic mass is 10.1. The van der Waals surface area contributed by atoms with Crippen LogP contribution in [-0.2, 0) is 4.79 Å². The van der Waals surface area contributed by atoms with Crippen LogP contribution in [0.3, 0.4) is 0 Å². The molecule has 0 saturated carbocycles. The van der Waals surface area contributed by atoms with Gasteiger partial charge in [0.1, 0.15) is 0 Å². The zero-order valence-electron chi connectivity index (χ0n) is 10.4. The normalized spacial score (nSPS) is 17.8.